The highest BCUT2D eigenvalue weighted by atomic mass is 79.9. The standard InChI is InChI=1S/C15H17BrN2OS/c16-12-6-8-20-15(12)13(18-17)9-14-11-4-2-1-3-10(11)5-7-19-14/h1-4,6,8,13-14,18H,5,7,9,17H2. The number of rotatable bonds is 4. The van der Waals surface area contributed by atoms with E-state index in [4.69, 9.17) is 10.6 Å². The van der Waals surface area contributed by atoms with Crippen LogP contribution in [0.5, 0.6) is 0 Å². The molecule has 0 spiro atoms. The lowest BCUT2D eigenvalue weighted by Crippen LogP contribution is -2.30. The van der Waals surface area contributed by atoms with E-state index in [1.54, 1.807) is 11.3 Å². The SMILES string of the molecule is NNC(CC1OCCc2ccccc21)c1sccc1Br. The molecule has 0 aliphatic carbocycles. The van der Waals surface area contributed by atoms with Crippen LogP contribution in [-0.4, -0.2) is 6.61 Å². The van der Waals surface area contributed by atoms with Gasteiger partial charge < -0.3 is 4.74 Å². The first-order valence-corrected chi connectivity index (χ1v) is 8.35. The van der Waals surface area contributed by atoms with E-state index in [-0.39, 0.29) is 12.1 Å². The van der Waals surface area contributed by atoms with Crippen molar-refractivity contribution in [2.45, 2.75) is 25.0 Å². The fourth-order valence-corrected chi connectivity index (χ4v) is 4.41. The first-order valence-electron chi connectivity index (χ1n) is 6.68. The molecular formula is C15H17BrN2OS. The van der Waals surface area contributed by atoms with Crippen LogP contribution in [0.3, 0.4) is 0 Å². The van der Waals surface area contributed by atoms with Gasteiger partial charge in [0.05, 0.1) is 18.8 Å². The number of hydrogen-bond donors (Lipinski definition) is 2. The number of halogens is 1. The van der Waals surface area contributed by atoms with E-state index in [9.17, 15) is 0 Å². The van der Waals surface area contributed by atoms with Crippen LogP contribution in [0, 0.1) is 0 Å². The van der Waals surface area contributed by atoms with Gasteiger partial charge in [0.25, 0.3) is 0 Å². The summed E-state index contributed by atoms with van der Waals surface area (Å²) in [5.74, 6) is 5.75. The van der Waals surface area contributed by atoms with E-state index >= 15 is 0 Å². The summed E-state index contributed by atoms with van der Waals surface area (Å²) in [4.78, 5) is 1.22. The number of nitrogens with two attached hydrogens (primary N) is 1. The quantitative estimate of drug-likeness (QED) is 0.651. The predicted octanol–water partition coefficient (Wildman–Crippen LogP) is 3.72. The zero-order valence-electron chi connectivity index (χ0n) is 11.0. The van der Waals surface area contributed by atoms with Crippen LogP contribution in [0.15, 0.2) is 40.2 Å². The number of nitrogens with one attached hydrogen (secondary N) is 1. The summed E-state index contributed by atoms with van der Waals surface area (Å²) in [5, 5.41) is 2.07. The van der Waals surface area contributed by atoms with Crippen LogP contribution >= 0.6 is 27.3 Å². The van der Waals surface area contributed by atoms with Crippen LogP contribution in [-0.2, 0) is 11.2 Å². The Morgan fingerprint density at radius 2 is 2.25 bits per heavy atom. The minimum absolute atomic E-state index is 0.0977. The molecule has 106 valence electrons. The van der Waals surface area contributed by atoms with Crippen molar-refractivity contribution in [1.82, 2.24) is 5.43 Å². The summed E-state index contributed by atoms with van der Waals surface area (Å²) in [6.45, 7) is 0.782. The topological polar surface area (TPSA) is 47.3 Å². The Kier molecular flexibility index (Phi) is 4.53. The second-order valence-corrected chi connectivity index (χ2v) is 6.70. The normalized spacial score (nSPS) is 19.6. The van der Waals surface area contributed by atoms with Crippen molar-refractivity contribution in [3.05, 3.63) is 56.2 Å². The van der Waals surface area contributed by atoms with Crippen LogP contribution in [0.2, 0.25) is 0 Å². The second-order valence-electron chi connectivity index (χ2n) is 4.90. The molecule has 3 rings (SSSR count). The predicted molar refractivity (Wildman–Crippen MR) is 85.5 cm³/mol. The first kappa shape index (κ1) is 14.2. The molecule has 1 aromatic heterocycles. The molecule has 20 heavy (non-hydrogen) atoms. The zero-order valence-corrected chi connectivity index (χ0v) is 13.4. The summed E-state index contributed by atoms with van der Waals surface area (Å²) in [6, 6.07) is 10.7. The summed E-state index contributed by atoms with van der Waals surface area (Å²) in [6.07, 6.45) is 1.94. The van der Waals surface area contributed by atoms with Crippen LogP contribution < -0.4 is 11.3 Å². The number of hydrogen-bond acceptors (Lipinski definition) is 4. The molecular weight excluding hydrogens is 336 g/mol. The van der Waals surface area contributed by atoms with Crippen molar-refractivity contribution in [2.24, 2.45) is 5.84 Å². The highest BCUT2D eigenvalue weighted by Crippen LogP contribution is 2.37. The molecule has 2 unspecified atom stereocenters. The monoisotopic (exact) mass is 352 g/mol. The lowest BCUT2D eigenvalue weighted by molar-refractivity contribution is 0.0295. The van der Waals surface area contributed by atoms with Gasteiger partial charge in [-0.3, -0.25) is 11.3 Å². The van der Waals surface area contributed by atoms with Gasteiger partial charge in [-0.05, 0) is 51.3 Å². The van der Waals surface area contributed by atoms with E-state index in [2.05, 4.69) is 57.1 Å². The van der Waals surface area contributed by atoms with Crippen molar-refractivity contribution < 1.29 is 4.74 Å². The van der Waals surface area contributed by atoms with Crippen molar-refractivity contribution >= 4 is 27.3 Å². The van der Waals surface area contributed by atoms with Crippen molar-refractivity contribution in [3.8, 4) is 0 Å². The number of fused-ring (bicyclic) bond motifs is 1. The van der Waals surface area contributed by atoms with Gasteiger partial charge in [0.15, 0.2) is 0 Å². The van der Waals surface area contributed by atoms with Crippen LogP contribution in [0.1, 0.15) is 34.6 Å². The Balaban J connectivity index is 1.82. The van der Waals surface area contributed by atoms with Gasteiger partial charge in [-0.2, -0.15) is 0 Å². The van der Waals surface area contributed by atoms with E-state index in [1.165, 1.54) is 16.0 Å². The summed E-state index contributed by atoms with van der Waals surface area (Å²) in [5.41, 5.74) is 5.61. The third kappa shape index (κ3) is 2.82. The Bertz CT molecular complexity index is 587. The second kappa shape index (κ2) is 6.37. The van der Waals surface area contributed by atoms with Gasteiger partial charge >= 0.3 is 0 Å². The highest BCUT2D eigenvalue weighted by molar-refractivity contribution is 9.10. The van der Waals surface area contributed by atoms with E-state index in [0.29, 0.717) is 0 Å². The number of ether oxygens (including phenoxy) is 1. The maximum absolute atomic E-state index is 5.97. The van der Waals surface area contributed by atoms with E-state index in [1.807, 2.05) is 0 Å². The van der Waals surface area contributed by atoms with Crippen LogP contribution in [0.4, 0.5) is 0 Å². The van der Waals surface area contributed by atoms with E-state index in [0.717, 1.165) is 23.9 Å². The minimum atomic E-state index is 0.0977. The molecule has 1 aliphatic rings. The number of thiophene rings is 1. The number of benzene rings is 1. The third-order valence-corrected chi connectivity index (χ3v) is 5.69. The summed E-state index contributed by atoms with van der Waals surface area (Å²) in [7, 11) is 0. The molecule has 3 N–H and O–H groups in total. The van der Waals surface area contributed by atoms with Crippen molar-refractivity contribution in [3.63, 3.8) is 0 Å². The highest BCUT2D eigenvalue weighted by Gasteiger charge is 2.25. The van der Waals surface area contributed by atoms with Crippen molar-refractivity contribution in [2.75, 3.05) is 6.61 Å². The molecule has 0 amide bonds. The van der Waals surface area contributed by atoms with Crippen LogP contribution in [0.25, 0.3) is 0 Å². The lowest BCUT2D eigenvalue weighted by atomic mass is 9.93. The average molecular weight is 353 g/mol. The molecule has 2 atom stereocenters. The molecule has 0 fully saturated rings. The zero-order chi connectivity index (χ0) is 13.9. The van der Waals surface area contributed by atoms with Gasteiger partial charge in [0.1, 0.15) is 0 Å². The fourth-order valence-electron chi connectivity index (χ4n) is 2.69. The molecule has 0 saturated carbocycles. The largest absolute Gasteiger partial charge is 0.373 e. The molecule has 2 aromatic rings. The molecule has 1 aliphatic heterocycles. The molecule has 5 heteroatoms. The summed E-state index contributed by atoms with van der Waals surface area (Å²) >= 11 is 5.29. The minimum Gasteiger partial charge on any atom is -0.373 e. The Morgan fingerprint density at radius 3 is 3.00 bits per heavy atom. The molecule has 2 heterocycles. The van der Waals surface area contributed by atoms with E-state index < -0.39 is 0 Å². The average Bonchev–Trinajstić information content (AvgIpc) is 2.91. The molecule has 0 radical (unpaired) electrons. The first-order chi connectivity index (χ1) is 9.79. The molecule has 0 saturated heterocycles. The summed E-state index contributed by atoms with van der Waals surface area (Å²) < 4.78 is 7.07. The maximum Gasteiger partial charge on any atom is 0.0846 e. The fraction of sp³-hybridized carbons (Fsp3) is 0.333. The third-order valence-electron chi connectivity index (χ3n) is 3.70. The Hall–Kier alpha value is -0.720. The molecule has 3 nitrogen and oxygen atoms in total. The van der Waals surface area contributed by atoms with Gasteiger partial charge in [-0.1, -0.05) is 24.3 Å². The Morgan fingerprint density at radius 1 is 1.40 bits per heavy atom. The van der Waals surface area contributed by atoms with Gasteiger partial charge in [-0.25, -0.2) is 0 Å². The smallest absolute Gasteiger partial charge is 0.0846 e. The maximum atomic E-state index is 5.97. The Labute approximate surface area is 131 Å². The molecule has 0 bridgehead atoms. The van der Waals surface area contributed by atoms with Crippen molar-refractivity contribution in [1.29, 1.82) is 0 Å². The number of hydrazine groups is 1. The lowest BCUT2D eigenvalue weighted by Gasteiger charge is -2.29. The van der Waals surface area contributed by atoms with Gasteiger partial charge in [0.2, 0.25) is 0 Å². The molecule has 1 aromatic carbocycles. The van der Waals surface area contributed by atoms with Gasteiger partial charge in [0, 0.05) is 9.35 Å². The van der Waals surface area contributed by atoms with Gasteiger partial charge in [-0.15, -0.1) is 11.3 Å².